The number of hydrogen-bond acceptors (Lipinski definition) is 3. The van der Waals surface area contributed by atoms with Crippen molar-refractivity contribution in [1.29, 1.82) is 0 Å². The molecule has 6 heteroatoms. The van der Waals surface area contributed by atoms with E-state index in [2.05, 4.69) is 36.4 Å². The summed E-state index contributed by atoms with van der Waals surface area (Å²) in [5, 5.41) is 6.19. The molecule has 1 aliphatic heterocycles. The number of amides is 3. The summed E-state index contributed by atoms with van der Waals surface area (Å²) in [6, 6.07) is 0.878. The third-order valence-electron chi connectivity index (χ3n) is 5.63. The lowest BCUT2D eigenvalue weighted by Gasteiger charge is -2.33. The molecule has 1 saturated heterocycles. The summed E-state index contributed by atoms with van der Waals surface area (Å²) >= 11 is 0. The van der Waals surface area contributed by atoms with Gasteiger partial charge in [0, 0.05) is 31.7 Å². The zero-order valence-corrected chi connectivity index (χ0v) is 16.2. The van der Waals surface area contributed by atoms with E-state index in [0.717, 1.165) is 45.2 Å². The lowest BCUT2D eigenvalue weighted by atomic mass is 9.97. The maximum atomic E-state index is 12.4. The van der Waals surface area contributed by atoms with Gasteiger partial charge >= 0.3 is 6.03 Å². The average Bonchev–Trinajstić information content (AvgIpc) is 3.11. The van der Waals surface area contributed by atoms with E-state index in [1.165, 1.54) is 12.8 Å². The largest absolute Gasteiger partial charge is 0.356 e. The molecule has 0 aromatic heterocycles. The Morgan fingerprint density at radius 1 is 1.16 bits per heavy atom. The van der Waals surface area contributed by atoms with E-state index in [-0.39, 0.29) is 17.9 Å². The van der Waals surface area contributed by atoms with Gasteiger partial charge < -0.3 is 20.4 Å². The Kier molecular flexibility index (Phi) is 8.00. The van der Waals surface area contributed by atoms with Crippen LogP contribution in [-0.2, 0) is 4.79 Å². The molecule has 2 aliphatic rings. The third-order valence-corrected chi connectivity index (χ3v) is 5.63. The Bertz CT molecular complexity index is 435. The molecule has 0 aromatic rings. The molecule has 2 fully saturated rings. The van der Waals surface area contributed by atoms with Crippen LogP contribution in [0.25, 0.3) is 0 Å². The monoisotopic (exact) mass is 352 g/mol. The fourth-order valence-electron chi connectivity index (χ4n) is 3.65. The molecular formula is C19H36N4O2. The van der Waals surface area contributed by atoms with Gasteiger partial charge in [0.1, 0.15) is 0 Å². The number of urea groups is 1. The molecule has 6 nitrogen and oxygen atoms in total. The van der Waals surface area contributed by atoms with Gasteiger partial charge in [-0.1, -0.05) is 12.8 Å². The minimum Gasteiger partial charge on any atom is -0.356 e. The number of nitrogens with one attached hydrogen (secondary N) is 2. The summed E-state index contributed by atoms with van der Waals surface area (Å²) in [6.45, 7) is 7.36. The van der Waals surface area contributed by atoms with Crippen molar-refractivity contribution >= 4 is 11.9 Å². The molecule has 0 spiro atoms. The Hall–Kier alpha value is -1.30. The topological polar surface area (TPSA) is 64.7 Å². The van der Waals surface area contributed by atoms with Crippen LogP contribution in [0.2, 0.25) is 0 Å². The van der Waals surface area contributed by atoms with Crippen LogP contribution in [0.15, 0.2) is 0 Å². The van der Waals surface area contributed by atoms with Crippen LogP contribution in [0.1, 0.15) is 58.8 Å². The minimum atomic E-state index is -0.0640. The molecule has 2 N–H and O–H groups in total. The van der Waals surface area contributed by atoms with Crippen molar-refractivity contribution < 1.29 is 9.59 Å². The number of nitrogens with zero attached hydrogens (tertiary/aromatic N) is 2. The van der Waals surface area contributed by atoms with E-state index in [0.29, 0.717) is 25.2 Å². The highest BCUT2D eigenvalue weighted by Crippen LogP contribution is 2.20. The second-order valence-corrected chi connectivity index (χ2v) is 7.93. The van der Waals surface area contributed by atoms with Gasteiger partial charge in [0.05, 0.1) is 5.92 Å². The van der Waals surface area contributed by atoms with Crippen molar-refractivity contribution in [3.63, 3.8) is 0 Å². The molecule has 144 valence electrons. The summed E-state index contributed by atoms with van der Waals surface area (Å²) < 4.78 is 0. The van der Waals surface area contributed by atoms with Crippen LogP contribution in [0.3, 0.4) is 0 Å². The Morgan fingerprint density at radius 2 is 1.88 bits per heavy atom. The first-order valence-corrected chi connectivity index (χ1v) is 10.0. The molecule has 0 bridgehead atoms. The zero-order chi connectivity index (χ0) is 18.2. The second kappa shape index (κ2) is 10.00. The van der Waals surface area contributed by atoms with E-state index in [4.69, 9.17) is 0 Å². The maximum absolute atomic E-state index is 12.4. The first kappa shape index (κ1) is 20.0. The van der Waals surface area contributed by atoms with Gasteiger partial charge in [0.25, 0.3) is 0 Å². The Morgan fingerprint density at radius 3 is 2.56 bits per heavy atom. The third kappa shape index (κ3) is 6.49. The van der Waals surface area contributed by atoms with Crippen LogP contribution in [0.4, 0.5) is 4.79 Å². The normalized spacial score (nSPS) is 21.8. The minimum absolute atomic E-state index is 0.0166. The lowest BCUT2D eigenvalue weighted by molar-refractivity contribution is -0.126. The van der Waals surface area contributed by atoms with E-state index < -0.39 is 0 Å². The lowest BCUT2D eigenvalue weighted by Crippen LogP contribution is -2.50. The number of hydrogen-bond donors (Lipinski definition) is 2. The summed E-state index contributed by atoms with van der Waals surface area (Å²) in [7, 11) is 2.11. The average molecular weight is 353 g/mol. The molecular weight excluding hydrogens is 316 g/mol. The molecule has 3 amide bonds. The smallest absolute Gasteiger partial charge is 0.317 e. The fraction of sp³-hybridized carbons (Fsp3) is 0.895. The Labute approximate surface area is 152 Å². The van der Waals surface area contributed by atoms with Crippen LogP contribution < -0.4 is 10.6 Å². The first-order chi connectivity index (χ1) is 12.0. The van der Waals surface area contributed by atoms with Crippen molar-refractivity contribution in [3.05, 3.63) is 0 Å². The molecule has 1 aliphatic carbocycles. The summed E-state index contributed by atoms with van der Waals surface area (Å²) in [5.41, 5.74) is 0. The molecule has 1 atom stereocenters. The van der Waals surface area contributed by atoms with Gasteiger partial charge in [-0.05, 0) is 59.5 Å². The fourth-order valence-corrected chi connectivity index (χ4v) is 3.65. The molecule has 0 unspecified atom stereocenters. The highest BCUT2D eigenvalue weighted by molar-refractivity contribution is 5.80. The summed E-state index contributed by atoms with van der Waals surface area (Å²) in [6.07, 6.45) is 7.35. The predicted molar refractivity (Wildman–Crippen MR) is 100 cm³/mol. The highest BCUT2D eigenvalue weighted by atomic mass is 16.2. The number of rotatable bonds is 7. The van der Waals surface area contributed by atoms with Gasteiger partial charge in [-0.15, -0.1) is 0 Å². The van der Waals surface area contributed by atoms with Crippen LogP contribution in [0.5, 0.6) is 0 Å². The molecule has 0 aromatic carbocycles. The van der Waals surface area contributed by atoms with Gasteiger partial charge in [-0.25, -0.2) is 4.79 Å². The van der Waals surface area contributed by atoms with Gasteiger partial charge in [0.2, 0.25) is 5.91 Å². The maximum Gasteiger partial charge on any atom is 0.317 e. The van der Waals surface area contributed by atoms with E-state index in [9.17, 15) is 9.59 Å². The summed E-state index contributed by atoms with van der Waals surface area (Å²) in [4.78, 5) is 28.9. The SMILES string of the molecule is CC(C)N(C)CCCNC(=O)[C@@H]1CCCN(C(=O)NC2CCCC2)C1. The van der Waals surface area contributed by atoms with E-state index in [1.54, 1.807) is 0 Å². The van der Waals surface area contributed by atoms with E-state index >= 15 is 0 Å². The summed E-state index contributed by atoms with van der Waals surface area (Å²) in [5.74, 6) is 0.0384. The highest BCUT2D eigenvalue weighted by Gasteiger charge is 2.29. The molecule has 25 heavy (non-hydrogen) atoms. The predicted octanol–water partition coefficient (Wildman–Crippen LogP) is 2.20. The zero-order valence-electron chi connectivity index (χ0n) is 16.2. The van der Waals surface area contributed by atoms with Crippen LogP contribution in [-0.4, -0.2) is 67.0 Å². The van der Waals surface area contributed by atoms with Crippen LogP contribution in [0, 0.1) is 5.92 Å². The van der Waals surface area contributed by atoms with Gasteiger partial charge in [0.15, 0.2) is 0 Å². The molecule has 1 saturated carbocycles. The number of carbonyl (C=O) groups is 2. The molecule has 1 heterocycles. The standard InChI is InChI=1S/C19H36N4O2/c1-15(2)22(3)12-7-11-20-18(24)16-8-6-13-23(14-16)19(25)21-17-9-4-5-10-17/h15-17H,4-14H2,1-3H3,(H,20,24)(H,21,25)/t16-/m1/s1. The Balaban J connectivity index is 1.68. The first-order valence-electron chi connectivity index (χ1n) is 10.0. The number of carbonyl (C=O) groups excluding carboxylic acids is 2. The second-order valence-electron chi connectivity index (χ2n) is 7.93. The van der Waals surface area contributed by atoms with Gasteiger partial charge in [-0.2, -0.15) is 0 Å². The quantitative estimate of drug-likeness (QED) is 0.691. The van der Waals surface area contributed by atoms with Gasteiger partial charge in [-0.3, -0.25) is 4.79 Å². The van der Waals surface area contributed by atoms with Crippen molar-refractivity contribution in [2.45, 2.75) is 70.9 Å². The number of likely N-dealkylation sites (tertiary alicyclic amines) is 1. The molecule has 2 rings (SSSR count). The number of piperidine rings is 1. The van der Waals surface area contributed by atoms with E-state index in [1.807, 2.05) is 4.90 Å². The van der Waals surface area contributed by atoms with Crippen molar-refractivity contribution in [1.82, 2.24) is 20.4 Å². The van der Waals surface area contributed by atoms with Crippen molar-refractivity contribution in [2.24, 2.45) is 5.92 Å². The van der Waals surface area contributed by atoms with Crippen molar-refractivity contribution in [3.8, 4) is 0 Å². The molecule has 0 radical (unpaired) electrons. The van der Waals surface area contributed by atoms with Crippen molar-refractivity contribution in [2.75, 3.05) is 33.2 Å². The van der Waals surface area contributed by atoms with Crippen LogP contribution >= 0.6 is 0 Å².